The molecule has 45 heavy (non-hydrogen) atoms. The number of pyridine rings is 1. The number of hydrogen-bond acceptors (Lipinski definition) is 13. The number of amides is 2. The van der Waals surface area contributed by atoms with Crippen molar-refractivity contribution in [2.24, 2.45) is 5.16 Å². The number of nitrogens with two attached hydrogens (primary N) is 1. The SMILES string of the molecule is CNCCCn1ccc2c1ccc[n+]2CC1=C(C(=O)[O-])N2C(=O)C(NC(=O)/C(=N\OC(C)(C)C(=O)O)c3nsc(N)n3)C2SC1. The molecule has 2 amide bonds. The van der Waals surface area contributed by atoms with E-state index in [1.807, 2.05) is 42.2 Å². The van der Waals surface area contributed by atoms with Gasteiger partial charge in [0, 0.05) is 47.7 Å². The molecule has 238 valence electrons. The number of aryl methyl sites for hydroxylation is 1. The molecule has 5 rings (SSSR count). The Hall–Kier alpha value is -4.55. The highest BCUT2D eigenvalue weighted by atomic mass is 32.2. The van der Waals surface area contributed by atoms with Crippen LogP contribution in [0.15, 0.2) is 47.0 Å². The number of hydrogen-bond donors (Lipinski definition) is 4. The van der Waals surface area contributed by atoms with Gasteiger partial charge in [-0.3, -0.25) is 14.5 Å². The summed E-state index contributed by atoms with van der Waals surface area (Å²) in [7, 11) is 1.90. The van der Waals surface area contributed by atoms with Crippen LogP contribution in [0.1, 0.15) is 26.1 Å². The fourth-order valence-electron chi connectivity index (χ4n) is 4.90. The highest BCUT2D eigenvalue weighted by Gasteiger charge is 2.53. The summed E-state index contributed by atoms with van der Waals surface area (Å²) in [5.74, 6) is -4.39. The lowest BCUT2D eigenvalue weighted by molar-refractivity contribution is -0.663. The number of carbonyl (C=O) groups is 4. The molecule has 0 saturated carbocycles. The van der Waals surface area contributed by atoms with Crippen LogP contribution in [-0.2, 0) is 37.1 Å². The van der Waals surface area contributed by atoms with Gasteiger partial charge < -0.3 is 40.8 Å². The minimum absolute atomic E-state index is 0.0203. The molecule has 18 heteroatoms. The Morgan fingerprint density at radius 2 is 2.11 bits per heavy atom. The Kier molecular flexibility index (Phi) is 9.08. The van der Waals surface area contributed by atoms with Crippen LogP contribution in [-0.4, -0.2) is 89.8 Å². The van der Waals surface area contributed by atoms with Crippen molar-refractivity contribution in [2.75, 3.05) is 25.1 Å². The molecule has 2 aliphatic heterocycles. The molecule has 0 aromatic carbocycles. The first-order valence-electron chi connectivity index (χ1n) is 13.8. The van der Waals surface area contributed by atoms with Crippen molar-refractivity contribution < 1.29 is 38.8 Å². The van der Waals surface area contributed by atoms with Crippen molar-refractivity contribution >= 4 is 68.9 Å². The van der Waals surface area contributed by atoms with Gasteiger partial charge >= 0.3 is 5.97 Å². The fraction of sp³-hybridized carbons (Fsp3) is 0.407. The van der Waals surface area contributed by atoms with Crippen LogP contribution in [0.25, 0.3) is 11.0 Å². The number of carboxylic acid groups (broad SMARTS) is 2. The van der Waals surface area contributed by atoms with Crippen molar-refractivity contribution in [3.05, 3.63) is 47.7 Å². The van der Waals surface area contributed by atoms with Gasteiger partial charge in [0.25, 0.3) is 11.8 Å². The first-order valence-corrected chi connectivity index (χ1v) is 15.6. The average molecular weight is 658 g/mol. The molecule has 16 nitrogen and oxygen atoms in total. The summed E-state index contributed by atoms with van der Waals surface area (Å²) in [4.78, 5) is 60.6. The summed E-state index contributed by atoms with van der Waals surface area (Å²) in [5.41, 5.74) is 5.52. The lowest BCUT2D eigenvalue weighted by Crippen LogP contribution is -2.71. The number of rotatable bonds is 13. The number of oxime groups is 1. The van der Waals surface area contributed by atoms with Crippen molar-refractivity contribution in [3.8, 4) is 0 Å². The van der Waals surface area contributed by atoms with Crippen LogP contribution in [0.4, 0.5) is 5.13 Å². The van der Waals surface area contributed by atoms with Crippen LogP contribution in [0, 0.1) is 0 Å². The molecule has 0 bridgehead atoms. The Labute approximate surface area is 265 Å². The Morgan fingerprint density at radius 3 is 2.78 bits per heavy atom. The smallest absolute Gasteiger partial charge is 0.350 e. The minimum Gasteiger partial charge on any atom is -0.543 e. The molecule has 0 spiro atoms. The Morgan fingerprint density at radius 1 is 1.33 bits per heavy atom. The van der Waals surface area contributed by atoms with E-state index in [1.165, 1.54) is 25.6 Å². The van der Waals surface area contributed by atoms with Crippen LogP contribution < -0.4 is 26.0 Å². The molecular formula is C27H31N9O7S2. The first-order chi connectivity index (χ1) is 21.4. The van der Waals surface area contributed by atoms with Gasteiger partial charge in [-0.15, -0.1) is 11.8 Å². The van der Waals surface area contributed by atoms with Crippen molar-refractivity contribution in [2.45, 2.75) is 50.4 Å². The van der Waals surface area contributed by atoms with Crippen LogP contribution >= 0.6 is 23.3 Å². The molecule has 2 aliphatic rings. The van der Waals surface area contributed by atoms with Gasteiger partial charge in [0.05, 0.1) is 11.7 Å². The lowest BCUT2D eigenvalue weighted by Gasteiger charge is -2.50. The second-order valence-corrected chi connectivity index (χ2v) is 12.7. The highest BCUT2D eigenvalue weighted by molar-refractivity contribution is 8.00. The summed E-state index contributed by atoms with van der Waals surface area (Å²) in [6.45, 7) is 4.36. The van der Waals surface area contributed by atoms with Gasteiger partial charge in [-0.2, -0.15) is 13.9 Å². The summed E-state index contributed by atoms with van der Waals surface area (Å²) in [6.07, 6.45) is 4.78. The summed E-state index contributed by atoms with van der Waals surface area (Å²) >= 11 is 2.07. The summed E-state index contributed by atoms with van der Waals surface area (Å²) < 4.78 is 8.01. The second kappa shape index (κ2) is 12.8. The fourth-order valence-corrected chi connectivity index (χ4v) is 6.67. The first kappa shape index (κ1) is 31.9. The number of nitrogen functional groups attached to an aromatic ring is 1. The monoisotopic (exact) mass is 657 g/mol. The van der Waals surface area contributed by atoms with Crippen molar-refractivity contribution in [3.63, 3.8) is 0 Å². The molecule has 5 heterocycles. The zero-order valence-electron chi connectivity index (χ0n) is 24.6. The number of fused-ring (bicyclic) bond motifs is 2. The third kappa shape index (κ3) is 6.34. The van der Waals surface area contributed by atoms with Gasteiger partial charge in [-0.25, -0.2) is 4.79 Å². The van der Waals surface area contributed by atoms with Crippen LogP contribution in [0.5, 0.6) is 0 Å². The number of carbonyl (C=O) groups excluding carboxylic acids is 3. The van der Waals surface area contributed by atoms with Crippen LogP contribution in [0.2, 0.25) is 0 Å². The zero-order valence-corrected chi connectivity index (χ0v) is 26.2. The molecule has 0 radical (unpaired) electrons. The van der Waals surface area contributed by atoms with E-state index in [9.17, 15) is 29.4 Å². The molecule has 3 aromatic rings. The van der Waals surface area contributed by atoms with Gasteiger partial charge in [0.15, 0.2) is 17.9 Å². The van der Waals surface area contributed by atoms with Gasteiger partial charge in [-0.05, 0) is 39.9 Å². The maximum atomic E-state index is 13.3. The standard InChI is InChI=1S/C27H31N9O7S2/c1-27(2,25(41)42)43-32-17(20-31-26(28)45-33-20)21(37)30-18-22(38)36-19(24(39)40)14(13-44-23(18)36)12-35-9-4-6-15-16(35)7-11-34(15)10-5-8-29-3/h4,6-7,9,11,18,23,29H,5,8,10,12-13H2,1-3H3,(H4-,28,30,31,33,37,39,40,41,42)/b32-17-. The van der Waals surface area contributed by atoms with E-state index in [2.05, 4.69) is 29.7 Å². The predicted octanol–water partition coefficient (Wildman–Crippen LogP) is -1.34. The van der Waals surface area contributed by atoms with E-state index in [4.69, 9.17) is 10.6 Å². The van der Waals surface area contributed by atoms with E-state index in [0.717, 1.165) is 47.0 Å². The number of aliphatic carboxylic acids is 2. The normalized spacial score (nSPS) is 18.5. The number of nitrogens with one attached hydrogen (secondary N) is 2. The number of aromatic nitrogens is 4. The summed E-state index contributed by atoms with van der Waals surface area (Å²) in [6, 6.07) is 4.74. The van der Waals surface area contributed by atoms with E-state index >= 15 is 0 Å². The van der Waals surface area contributed by atoms with Gasteiger partial charge in [0.1, 0.15) is 16.9 Å². The number of β-lactam (4-membered cyclic amide) rings is 1. The quantitative estimate of drug-likeness (QED) is 0.0552. The van der Waals surface area contributed by atoms with Crippen molar-refractivity contribution in [1.29, 1.82) is 0 Å². The topological polar surface area (TPSA) is 221 Å². The maximum absolute atomic E-state index is 13.3. The zero-order chi connectivity index (χ0) is 32.5. The Balaban J connectivity index is 1.36. The van der Waals surface area contributed by atoms with E-state index in [1.54, 1.807) is 0 Å². The number of anilines is 1. The largest absolute Gasteiger partial charge is 0.543 e. The Bertz CT molecular complexity index is 1730. The number of carboxylic acids is 2. The lowest BCUT2D eigenvalue weighted by atomic mass is 10.0. The van der Waals surface area contributed by atoms with Gasteiger partial charge in [-0.1, -0.05) is 5.16 Å². The predicted molar refractivity (Wildman–Crippen MR) is 161 cm³/mol. The second-order valence-electron chi connectivity index (χ2n) is 10.8. The van der Waals surface area contributed by atoms with Crippen LogP contribution in [0.3, 0.4) is 0 Å². The highest BCUT2D eigenvalue weighted by Crippen LogP contribution is 2.40. The van der Waals surface area contributed by atoms with Gasteiger partial charge in [0.2, 0.25) is 22.7 Å². The van der Waals surface area contributed by atoms with Crippen molar-refractivity contribution in [1.82, 2.24) is 29.5 Å². The summed E-state index contributed by atoms with van der Waals surface area (Å²) in [5, 5.41) is 30.4. The third-order valence-corrected chi connectivity index (χ3v) is 9.16. The molecule has 1 fully saturated rings. The van der Waals surface area contributed by atoms with E-state index < -0.39 is 46.5 Å². The molecular weight excluding hydrogens is 626 g/mol. The maximum Gasteiger partial charge on any atom is 0.350 e. The molecule has 0 aliphatic carbocycles. The molecule has 2 unspecified atom stereocenters. The van der Waals surface area contributed by atoms with E-state index in [-0.39, 0.29) is 29.0 Å². The van der Waals surface area contributed by atoms with E-state index in [0.29, 0.717) is 5.57 Å². The molecule has 5 N–H and O–H groups in total. The third-order valence-electron chi connectivity index (χ3n) is 7.28. The molecule has 1 saturated heterocycles. The number of nitrogens with zero attached hydrogens (tertiary/aromatic N) is 6. The number of thioether (sulfide) groups is 1. The minimum atomic E-state index is -1.79. The molecule has 2 atom stereocenters. The average Bonchev–Trinajstić information content (AvgIpc) is 3.62. The molecule has 3 aromatic heterocycles.